The van der Waals surface area contributed by atoms with Gasteiger partial charge in [0, 0.05) is 36.6 Å². The van der Waals surface area contributed by atoms with Crippen molar-refractivity contribution in [2.75, 3.05) is 11.9 Å². The van der Waals surface area contributed by atoms with Crippen LogP contribution in [0.5, 0.6) is 5.75 Å². The van der Waals surface area contributed by atoms with Gasteiger partial charge in [0.15, 0.2) is 5.78 Å². The quantitative estimate of drug-likeness (QED) is 0.300. The summed E-state index contributed by atoms with van der Waals surface area (Å²) in [5, 5.41) is 17.8. The molecule has 0 saturated heterocycles. The van der Waals surface area contributed by atoms with E-state index in [9.17, 15) is 31.5 Å². The van der Waals surface area contributed by atoms with Gasteiger partial charge in [0.05, 0.1) is 24.3 Å². The smallest absolute Gasteiger partial charge is 0.387 e. The SMILES string of the molecule is NS(=O)(=O)OC[C@H]1C[C@@H](Nc2ncncc2C(=O)c2ccn(Cc3cccc(OC(F)F)c3)c2)[C@@H](F)[C@@H]1O. The van der Waals surface area contributed by atoms with E-state index in [1.54, 1.807) is 35.2 Å². The molecule has 1 aromatic carbocycles. The summed E-state index contributed by atoms with van der Waals surface area (Å²) in [5.74, 6) is -1.28. The van der Waals surface area contributed by atoms with Crippen molar-refractivity contribution in [3.63, 3.8) is 0 Å². The lowest BCUT2D eigenvalue weighted by molar-refractivity contribution is -0.0498. The molecule has 0 radical (unpaired) electrons. The molecule has 2 aromatic heterocycles. The third-order valence-corrected chi connectivity index (χ3v) is 6.44. The highest BCUT2D eigenvalue weighted by Crippen LogP contribution is 2.32. The maximum atomic E-state index is 14.8. The molecule has 38 heavy (non-hydrogen) atoms. The zero-order valence-corrected chi connectivity index (χ0v) is 20.5. The minimum atomic E-state index is -4.26. The first-order valence-electron chi connectivity index (χ1n) is 11.3. The van der Waals surface area contributed by atoms with Gasteiger partial charge in [-0.1, -0.05) is 12.1 Å². The molecule has 1 saturated carbocycles. The molecule has 4 rings (SSSR count). The van der Waals surface area contributed by atoms with E-state index in [0.29, 0.717) is 5.56 Å². The minimum Gasteiger partial charge on any atom is -0.435 e. The summed E-state index contributed by atoms with van der Waals surface area (Å²) in [7, 11) is -4.26. The summed E-state index contributed by atoms with van der Waals surface area (Å²) >= 11 is 0. The van der Waals surface area contributed by atoms with Gasteiger partial charge in [0.25, 0.3) is 0 Å². The molecule has 4 N–H and O–H groups in total. The molecule has 0 unspecified atom stereocenters. The van der Waals surface area contributed by atoms with Crippen LogP contribution >= 0.6 is 0 Å². The van der Waals surface area contributed by atoms with Gasteiger partial charge in [-0.05, 0) is 30.2 Å². The maximum absolute atomic E-state index is 14.8. The minimum absolute atomic E-state index is 0.0137. The average molecular weight is 556 g/mol. The Morgan fingerprint density at radius 2 is 2.11 bits per heavy atom. The summed E-state index contributed by atoms with van der Waals surface area (Å²) < 4.78 is 72.4. The molecule has 3 aromatic rings. The van der Waals surface area contributed by atoms with E-state index in [1.165, 1.54) is 24.7 Å². The molecule has 0 aliphatic heterocycles. The topological polar surface area (TPSA) is 159 Å². The third kappa shape index (κ3) is 6.86. The summed E-state index contributed by atoms with van der Waals surface area (Å²) in [4.78, 5) is 21.2. The first-order chi connectivity index (χ1) is 18.0. The summed E-state index contributed by atoms with van der Waals surface area (Å²) in [6.07, 6.45) is 2.28. The number of alkyl halides is 3. The van der Waals surface area contributed by atoms with Crippen LogP contribution in [0.25, 0.3) is 0 Å². The molecule has 2 heterocycles. The highest BCUT2D eigenvalue weighted by molar-refractivity contribution is 7.84. The van der Waals surface area contributed by atoms with Crippen molar-refractivity contribution in [2.24, 2.45) is 11.1 Å². The number of halogens is 3. The van der Waals surface area contributed by atoms with Gasteiger partial charge in [0.2, 0.25) is 0 Å². The summed E-state index contributed by atoms with van der Waals surface area (Å²) in [6.45, 7) is -3.17. The third-order valence-electron chi connectivity index (χ3n) is 5.98. The van der Waals surface area contributed by atoms with E-state index in [-0.39, 0.29) is 35.7 Å². The van der Waals surface area contributed by atoms with Crippen molar-refractivity contribution in [1.29, 1.82) is 0 Å². The number of carbonyl (C=O) groups excluding carboxylic acids is 1. The van der Waals surface area contributed by atoms with Crippen LogP contribution in [0.3, 0.4) is 0 Å². The van der Waals surface area contributed by atoms with E-state index >= 15 is 0 Å². The normalized spacial score (nSPS) is 21.5. The number of carbonyl (C=O) groups is 1. The van der Waals surface area contributed by atoms with Gasteiger partial charge in [0.1, 0.15) is 24.1 Å². The highest BCUT2D eigenvalue weighted by Gasteiger charge is 2.44. The van der Waals surface area contributed by atoms with Gasteiger partial charge in [-0.3, -0.25) is 8.98 Å². The number of ether oxygens (including phenoxy) is 1. The second kappa shape index (κ2) is 11.5. The number of aromatic nitrogens is 3. The molecule has 0 amide bonds. The Hall–Kier alpha value is -3.53. The molecule has 4 atom stereocenters. The van der Waals surface area contributed by atoms with Gasteiger partial charge in [-0.25, -0.2) is 19.5 Å². The molecule has 0 spiro atoms. The van der Waals surface area contributed by atoms with Crippen molar-refractivity contribution >= 4 is 21.9 Å². The number of aliphatic hydroxyl groups excluding tert-OH is 1. The molecule has 15 heteroatoms. The van der Waals surface area contributed by atoms with E-state index in [0.717, 1.165) is 0 Å². The predicted molar refractivity (Wildman–Crippen MR) is 128 cm³/mol. The summed E-state index contributed by atoms with van der Waals surface area (Å²) in [5.41, 5.74) is 0.979. The van der Waals surface area contributed by atoms with E-state index in [1.807, 2.05) is 0 Å². The summed E-state index contributed by atoms with van der Waals surface area (Å²) in [6, 6.07) is 6.73. The van der Waals surface area contributed by atoms with Gasteiger partial charge in [-0.2, -0.15) is 17.2 Å². The highest BCUT2D eigenvalue weighted by atomic mass is 32.2. The van der Waals surface area contributed by atoms with Crippen LogP contribution in [0.4, 0.5) is 19.0 Å². The first-order valence-corrected chi connectivity index (χ1v) is 12.8. The maximum Gasteiger partial charge on any atom is 0.387 e. The monoisotopic (exact) mass is 555 g/mol. The standard InChI is InChI=1S/C23H24F3N5O6S/c24-19-18(7-15(21(19)33)11-36-38(27,34)35)30-22-17(8-28-12-29-22)20(32)14-4-5-31(10-14)9-13-2-1-3-16(6-13)37-23(25)26/h1-6,8,10,12,15,18-19,21,23,33H,7,9,11H2,(H2,27,34,35)(H,28,29,30)/t15-,18-,19-,21-/m1/s1. The number of aliphatic hydroxyl groups is 1. The predicted octanol–water partition coefficient (Wildman–Crippen LogP) is 1.88. The lowest BCUT2D eigenvalue weighted by atomic mass is 10.1. The molecule has 1 fully saturated rings. The van der Waals surface area contributed by atoms with Crippen LogP contribution < -0.4 is 15.2 Å². The van der Waals surface area contributed by atoms with Crippen LogP contribution in [0.2, 0.25) is 0 Å². The largest absolute Gasteiger partial charge is 0.435 e. The molecule has 1 aliphatic rings. The van der Waals surface area contributed by atoms with Crippen molar-refractivity contribution in [1.82, 2.24) is 14.5 Å². The number of benzene rings is 1. The first kappa shape index (κ1) is 27.5. The molecule has 204 valence electrons. The Balaban J connectivity index is 1.46. The fourth-order valence-electron chi connectivity index (χ4n) is 4.23. The number of nitrogens with one attached hydrogen (secondary N) is 1. The van der Waals surface area contributed by atoms with E-state index in [4.69, 9.17) is 5.14 Å². The van der Waals surface area contributed by atoms with Crippen LogP contribution in [0.1, 0.15) is 27.9 Å². The zero-order valence-electron chi connectivity index (χ0n) is 19.7. The Bertz CT molecular complexity index is 1390. The number of anilines is 1. The second-order valence-corrected chi connectivity index (χ2v) is 9.89. The number of nitrogens with two attached hydrogens (primary N) is 1. The Morgan fingerprint density at radius 3 is 2.84 bits per heavy atom. The average Bonchev–Trinajstić information content (AvgIpc) is 3.42. The zero-order chi connectivity index (χ0) is 27.4. The van der Waals surface area contributed by atoms with E-state index < -0.39 is 53.5 Å². The van der Waals surface area contributed by atoms with Gasteiger partial charge in [-0.15, -0.1) is 0 Å². The van der Waals surface area contributed by atoms with Crippen LogP contribution in [-0.2, 0) is 21.0 Å². The fraction of sp³-hybridized carbons (Fsp3) is 0.348. The van der Waals surface area contributed by atoms with Crippen molar-refractivity contribution in [3.8, 4) is 5.75 Å². The van der Waals surface area contributed by atoms with E-state index in [2.05, 4.69) is 24.2 Å². The van der Waals surface area contributed by atoms with Gasteiger partial charge < -0.3 is 19.7 Å². The number of hydrogen-bond acceptors (Lipinski definition) is 9. The number of hydrogen-bond donors (Lipinski definition) is 3. The molecule has 11 nitrogen and oxygen atoms in total. The molecule has 1 aliphatic carbocycles. The van der Waals surface area contributed by atoms with Crippen molar-refractivity contribution in [2.45, 2.75) is 37.9 Å². The fourth-order valence-corrected chi connectivity index (χ4v) is 4.59. The number of nitrogens with zero attached hydrogens (tertiary/aromatic N) is 3. The molecule has 0 bridgehead atoms. The Kier molecular flexibility index (Phi) is 8.30. The molecular formula is C23H24F3N5O6S. The van der Waals surface area contributed by atoms with Crippen LogP contribution in [0, 0.1) is 5.92 Å². The molecular weight excluding hydrogens is 531 g/mol. The second-order valence-electron chi connectivity index (χ2n) is 8.67. The van der Waals surface area contributed by atoms with Crippen molar-refractivity contribution < 1.29 is 40.4 Å². The van der Waals surface area contributed by atoms with Crippen LogP contribution in [-0.4, -0.2) is 65.4 Å². The Labute approximate surface area is 215 Å². The van der Waals surface area contributed by atoms with Gasteiger partial charge >= 0.3 is 16.9 Å². The van der Waals surface area contributed by atoms with Crippen molar-refractivity contribution in [3.05, 3.63) is 71.9 Å². The number of ketones is 1. The Morgan fingerprint density at radius 1 is 1.32 bits per heavy atom. The van der Waals surface area contributed by atoms with Crippen LogP contribution in [0.15, 0.2) is 55.2 Å². The lowest BCUT2D eigenvalue weighted by Gasteiger charge is -2.18. The lowest BCUT2D eigenvalue weighted by Crippen LogP contribution is -2.33. The number of rotatable bonds is 11.